The largest absolute Gasteiger partial charge is 0.455 e. The van der Waals surface area contributed by atoms with Crippen LogP contribution in [-0.2, 0) is 0 Å². The molecule has 5 aromatic carbocycles. The van der Waals surface area contributed by atoms with Crippen molar-refractivity contribution in [2.45, 2.75) is 0 Å². The lowest BCUT2D eigenvalue weighted by atomic mass is 9.97. The number of furan rings is 1. The van der Waals surface area contributed by atoms with E-state index >= 15 is 0 Å². The highest BCUT2D eigenvalue weighted by atomic mass is 16.3. The summed E-state index contributed by atoms with van der Waals surface area (Å²) in [6, 6.07) is 45.2. The average Bonchev–Trinajstić information content (AvgIpc) is 3.69. The fourth-order valence-electron chi connectivity index (χ4n) is 6.86. The standard InChI is InChI=1S/C42H29N3O/c1-3-9-30(10-4-1)39-36-15-16-38-40(42(36)46-41(39)31-11-5-2-6-12-31)35-13-7-8-14-37(35)45(38)34-26-32(28-17-21-43-22-18-28)25-33(27-34)29-19-23-44-24-20-29/h1-23,25-27,44H,24H2. The van der Waals surface area contributed by atoms with Gasteiger partial charge in [-0.1, -0.05) is 84.9 Å². The van der Waals surface area contributed by atoms with Gasteiger partial charge in [0.25, 0.3) is 0 Å². The van der Waals surface area contributed by atoms with Crippen molar-refractivity contribution >= 4 is 38.3 Å². The number of dihydropyridines is 1. The number of nitrogens with one attached hydrogen (secondary N) is 1. The van der Waals surface area contributed by atoms with Crippen LogP contribution < -0.4 is 5.32 Å². The highest BCUT2D eigenvalue weighted by Crippen LogP contribution is 2.46. The fourth-order valence-corrected chi connectivity index (χ4v) is 6.86. The average molecular weight is 592 g/mol. The molecule has 0 saturated carbocycles. The van der Waals surface area contributed by atoms with Gasteiger partial charge in [0.05, 0.1) is 16.4 Å². The normalized spacial score (nSPS) is 12.9. The summed E-state index contributed by atoms with van der Waals surface area (Å²) < 4.78 is 9.36. The van der Waals surface area contributed by atoms with Crippen molar-refractivity contribution in [3.05, 3.63) is 164 Å². The fraction of sp³-hybridized carbons (Fsp3) is 0.0238. The van der Waals surface area contributed by atoms with Crippen molar-refractivity contribution in [3.8, 4) is 39.3 Å². The first-order chi connectivity index (χ1) is 22.8. The number of nitrogens with zero attached hydrogens (tertiary/aromatic N) is 2. The molecule has 8 aromatic rings. The first-order valence-electron chi connectivity index (χ1n) is 15.6. The maximum Gasteiger partial charge on any atom is 0.145 e. The van der Waals surface area contributed by atoms with Crippen LogP contribution >= 0.6 is 0 Å². The maximum atomic E-state index is 6.98. The molecule has 9 rings (SSSR count). The smallest absolute Gasteiger partial charge is 0.145 e. The van der Waals surface area contributed by atoms with Gasteiger partial charge in [0, 0.05) is 46.5 Å². The Morgan fingerprint density at radius 3 is 2.13 bits per heavy atom. The molecule has 0 radical (unpaired) electrons. The van der Waals surface area contributed by atoms with E-state index < -0.39 is 0 Å². The molecule has 0 fully saturated rings. The third-order valence-corrected chi connectivity index (χ3v) is 8.93. The zero-order valence-corrected chi connectivity index (χ0v) is 25.0. The van der Waals surface area contributed by atoms with Crippen LogP contribution in [0, 0.1) is 0 Å². The number of pyridine rings is 1. The van der Waals surface area contributed by atoms with Gasteiger partial charge in [-0.25, -0.2) is 0 Å². The lowest BCUT2D eigenvalue weighted by Gasteiger charge is -2.15. The van der Waals surface area contributed by atoms with Crippen molar-refractivity contribution in [3.63, 3.8) is 0 Å². The van der Waals surface area contributed by atoms with Crippen LogP contribution in [-0.4, -0.2) is 16.1 Å². The van der Waals surface area contributed by atoms with Gasteiger partial charge in [0.2, 0.25) is 0 Å². The van der Waals surface area contributed by atoms with E-state index in [4.69, 9.17) is 4.42 Å². The molecule has 4 nitrogen and oxygen atoms in total. The van der Waals surface area contributed by atoms with Crippen molar-refractivity contribution in [2.24, 2.45) is 0 Å². The molecular weight excluding hydrogens is 562 g/mol. The van der Waals surface area contributed by atoms with E-state index in [1.165, 1.54) is 11.1 Å². The number of rotatable bonds is 5. The molecule has 0 aliphatic carbocycles. The SMILES string of the molecule is C1=CC(c2cc(-c3ccncc3)cc(-n3c4ccccc4c4c5oc(-c6ccccc6)c(-c6ccccc6)c5ccc43)c2)=CCN1. The molecule has 0 unspecified atom stereocenters. The predicted octanol–water partition coefficient (Wildman–Crippen LogP) is 10.4. The summed E-state index contributed by atoms with van der Waals surface area (Å²) in [5.41, 5.74) is 12.2. The number of hydrogen-bond acceptors (Lipinski definition) is 3. The van der Waals surface area contributed by atoms with Crippen molar-refractivity contribution in [1.82, 2.24) is 14.9 Å². The van der Waals surface area contributed by atoms with E-state index in [1.54, 1.807) is 0 Å². The van der Waals surface area contributed by atoms with E-state index in [-0.39, 0.29) is 0 Å². The number of aromatic nitrogens is 2. The summed E-state index contributed by atoms with van der Waals surface area (Å²) >= 11 is 0. The Kier molecular flexibility index (Phi) is 6.17. The van der Waals surface area contributed by atoms with Crippen molar-refractivity contribution in [1.29, 1.82) is 0 Å². The monoisotopic (exact) mass is 591 g/mol. The lowest BCUT2D eigenvalue weighted by Crippen LogP contribution is -2.08. The summed E-state index contributed by atoms with van der Waals surface area (Å²) in [5.74, 6) is 0.887. The number of fused-ring (bicyclic) bond motifs is 5. The highest BCUT2D eigenvalue weighted by Gasteiger charge is 2.23. The molecule has 46 heavy (non-hydrogen) atoms. The molecule has 4 heteroatoms. The van der Waals surface area contributed by atoms with Crippen LogP contribution in [0.4, 0.5) is 0 Å². The molecule has 0 amide bonds. The highest BCUT2D eigenvalue weighted by molar-refractivity contribution is 6.22. The van der Waals surface area contributed by atoms with Gasteiger partial charge in [-0.2, -0.15) is 0 Å². The Hall–Kier alpha value is -6.13. The molecule has 0 bridgehead atoms. The van der Waals surface area contributed by atoms with Crippen LogP contribution in [0.15, 0.2) is 163 Å². The summed E-state index contributed by atoms with van der Waals surface area (Å²) in [6.07, 6.45) is 10.1. The Morgan fingerprint density at radius 2 is 1.35 bits per heavy atom. The summed E-state index contributed by atoms with van der Waals surface area (Å²) in [6.45, 7) is 0.806. The lowest BCUT2D eigenvalue weighted by molar-refractivity contribution is 0.636. The molecule has 0 spiro atoms. The molecule has 0 saturated heterocycles. The maximum absolute atomic E-state index is 6.98. The third kappa shape index (κ3) is 4.26. The minimum atomic E-state index is 0.806. The molecular formula is C42H29N3O. The van der Waals surface area contributed by atoms with E-state index in [9.17, 15) is 0 Å². The Labute approximate surface area is 266 Å². The number of hydrogen-bond donors (Lipinski definition) is 1. The quantitative estimate of drug-likeness (QED) is 0.217. The second-order valence-corrected chi connectivity index (χ2v) is 11.6. The summed E-state index contributed by atoms with van der Waals surface area (Å²) in [5, 5.41) is 6.67. The molecule has 1 aliphatic rings. The van der Waals surface area contributed by atoms with Gasteiger partial charge < -0.3 is 14.3 Å². The van der Waals surface area contributed by atoms with Crippen LogP contribution in [0.1, 0.15) is 5.56 Å². The first kappa shape index (κ1) is 26.3. The van der Waals surface area contributed by atoms with E-state index in [2.05, 4.69) is 148 Å². The van der Waals surface area contributed by atoms with E-state index in [0.29, 0.717) is 0 Å². The molecule has 218 valence electrons. The second-order valence-electron chi connectivity index (χ2n) is 11.6. The molecule has 3 aromatic heterocycles. The number of para-hydroxylation sites is 1. The molecule has 1 aliphatic heterocycles. The Morgan fingerprint density at radius 1 is 0.609 bits per heavy atom. The third-order valence-electron chi connectivity index (χ3n) is 8.93. The predicted molar refractivity (Wildman–Crippen MR) is 190 cm³/mol. The minimum Gasteiger partial charge on any atom is -0.455 e. The Bertz CT molecular complexity index is 2450. The number of benzene rings is 5. The van der Waals surface area contributed by atoms with Gasteiger partial charge in [-0.3, -0.25) is 4.98 Å². The van der Waals surface area contributed by atoms with Crippen LogP contribution in [0.25, 0.3) is 77.6 Å². The number of allylic oxidation sites excluding steroid dienone is 2. The van der Waals surface area contributed by atoms with E-state index in [0.717, 1.165) is 78.6 Å². The van der Waals surface area contributed by atoms with Gasteiger partial charge in [-0.15, -0.1) is 0 Å². The molecule has 4 heterocycles. The zero-order valence-electron chi connectivity index (χ0n) is 25.0. The first-order valence-corrected chi connectivity index (χ1v) is 15.6. The molecule has 1 N–H and O–H groups in total. The zero-order chi connectivity index (χ0) is 30.5. The van der Waals surface area contributed by atoms with Crippen LogP contribution in [0.2, 0.25) is 0 Å². The summed E-state index contributed by atoms with van der Waals surface area (Å²) in [4.78, 5) is 4.27. The van der Waals surface area contributed by atoms with Crippen molar-refractivity contribution < 1.29 is 4.42 Å². The van der Waals surface area contributed by atoms with E-state index in [1.807, 2.05) is 24.7 Å². The van der Waals surface area contributed by atoms with Gasteiger partial charge in [0.1, 0.15) is 11.3 Å². The topological polar surface area (TPSA) is 43.0 Å². The van der Waals surface area contributed by atoms with Gasteiger partial charge in [-0.05, 0) is 88.6 Å². The van der Waals surface area contributed by atoms with Gasteiger partial charge in [0.15, 0.2) is 0 Å². The second kappa shape index (κ2) is 10.8. The van der Waals surface area contributed by atoms with Crippen LogP contribution in [0.5, 0.6) is 0 Å². The minimum absolute atomic E-state index is 0.806. The Balaban J connectivity index is 1.37. The summed E-state index contributed by atoms with van der Waals surface area (Å²) in [7, 11) is 0. The van der Waals surface area contributed by atoms with Crippen LogP contribution in [0.3, 0.4) is 0 Å². The molecule has 0 atom stereocenters. The van der Waals surface area contributed by atoms with Gasteiger partial charge >= 0.3 is 0 Å². The van der Waals surface area contributed by atoms with Crippen molar-refractivity contribution in [2.75, 3.05) is 6.54 Å².